The molecule has 8 nitrogen and oxygen atoms in total. The van der Waals surface area contributed by atoms with Crippen LogP contribution in [0, 0.1) is 0 Å². The Balaban J connectivity index is 1.37. The van der Waals surface area contributed by atoms with Gasteiger partial charge in [-0.05, 0) is 49.2 Å². The van der Waals surface area contributed by atoms with Gasteiger partial charge in [0.15, 0.2) is 6.10 Å². The van der Waals surface area contributed by atoms with Crippen LogP contribution in [0.5, 0.6) is 0 Å². The summed E-state index contributed by atoms with van der Waals surface area (Å²) in [6.45, 7) is 3.64. The Kier molecular flexibility index (Phi) is 5.85. The van der Waals surface area contributed by atoms with Gasteiger partial charge in [0.2, 0.25) is 11.7 Å². The van der Waals surface area contributed by atoms with Crippen LogP contribution in [-0.2, 0) is 27.2 Å². The molecular formula is C24H23N3O5. The highest BCUT2D eigenvalue weighted by Gasteiger charge is 2.25. The van der Waals surface area contributed by atoms with E-state index in [0.29, 0.717) is 35.3 Å². The Labute approximate surface area is 184 Å². The Bertz CT molecular complexity index is 1280. The van der Waals surface area contributed by atoms with E-state index < -0.39 is 12.1 Å². The lowest BCUT2D eigenvalue weighted by Gasteiger charge is -2.16. The molecule has 0 radical (unpaired) electrons. The second-order valence-electron chi connectivity index (χ2n) is 7.79. The fraction of sp³-hybridized carbons (Fsp3) is 0.292. The first-order valence-electron chi connectivity index (χ1n) is 10.5. The van der Waals surface area contributed by atoms with Crippen LogP contribution in [0.3, 0.4) is 0 Å². The van der Waals surface area contributed by atoms with Gasteiger partial charge in [-0.25, -0.2) is 4.98 Å². The number of aryl methyl sites for hydroxylation is 1. The summed E-state index contributed by atoms with van der Waals surface area (Å²) >= 11 is 0. The molecule has 1 aliphatic rings. The fourth-order valence-electron chi connectivity index (χ4n) is 3.90. The van der Waals surface area contributed by atoms with E-state index in [1.54, 1.807) is 47.4 Å². The number of aromatic nitrogens is 2. The van der Waals surface area contributed by atoms with Crippen molar-refractivity contribution in [1.82, 2.24) is 9.97 Å². The summed E-state index contributed by atoms with van der Waals surface area (Å²) in [4.78, 5) is 57.5. The van der Waals surface area contributed by atoms with Crippen LogP contribution in [0.15, 0.2) is 47.3 Å². The summed E-state index contributed by atoms with van der Waals surface area (Å²) in [6, 6.07) is 12.1. The molecule has 0 fully saturated rings. The lowest BCUT2D eigenvalue weighted by Crippen LogP contribution is -2.26. The van der Waals surface area contributed by atoms with Gasteiger partial charge in [-0.1, -0.05) is 12.1 Å². The Hall–Kier alpha value is -3.81. The van der Waals surface area contributed by atoms with Crippen molar-refractivity contribution in [2.75, 3.05) is 11.4 Å². The first-order chi connectivity index (χ1) is 15.3. The second-order valence-corrected chi connectivity index (χ2v) is 7.79. The van der Waals surface area contributed by atoms with E-state index in [1.165, 1.54) is 13.8 Å². The first-order valence-corrected chi connectivity index (χ1v) is 10.5. The van der Waals surface area contributed by atoms with Crippen molar-refractivity contribution < 1.29 is 19.1 Å². The number of carbonyl (C=O) groups is 3. The normalized spacial score (nSPS) is 13.6. The van der Waals surface area contributed by atoms with Gasteiger partial charge in [0.05, 0.1) is 17.3 Å². The third-order valence-corrected chi connectivity index (χ3v) is 5.54. The van der Waals surface area contributed by atoms with Crippen molar-refractivity contribution in [2.45, 2.75) is 39.2 Å². The fourth-order valence-corrected chi connectivity index (χ4v) is 3.90. The molecule has 1 aromatic heterocycles. The van der Waals surface area contributed by atoms with Crippen molar-refractivity contribution in [3.8, 4) is 0 Å². The van der Waals surface area contributed by atoms with Crippen LogP contribution in [0.1, 0.15) is 42.0 Å². The van der Waals surface area contributed by atoms with E-state index in [9.17, 15) is 19.2 Å². The molecule has 2 aromatic carbocycles. The number of Topliss-reactive ketones (excluding diaryl/α,β-unsaturated/α-hetero) is 1. The molecule has 2 heterocycles. The first kappa shape index (κ1) is 21.4. The number of ketones is 1. The zero-order valence-electron chi connectivity index (χ0n) is 17.9. The summed E-state index contributed by atoms with van der Waals surface area (Å²) in [5.41, 5.74) is 2.48. The van der Waals surface area contributed by atoms with E-state index in [0.717, 1.165) is 11.3 Å². The van der Waals surface area contributed by atoms with E-state index >= 15 is 0 Å². The van der Waals surface area contributed by atoms with Crippen molar-refractivity contribution in [3.05, 3.63) is 69.8 Å². The van der Waals surface area contributed by atoms with Gasteiger partial charge < -0.3 is 14.6 Å². The van der Waals surface area contributed by atoms with Crippen LogP contribution in [0.25, 0.3) is 10.9 Å². The maximum absolute atomic E-state index is 12.7. The molecule has 164 valence electrons. The number of nitrogens with zero attached hydrogens (tertiary/aromatic N) is 2. The standard InChI is InChI=1S/C24H23N3O5/c1-14(23(30)17-7-8-20-16(13-17)11-12-27(20)15(2)28)32-22(29)10-9-21-25-19-6-4-3-5-18(19)24(31)26-21/h3-8,13-14H,9-12H2,1-2H3,(H,25,26,31). The molecule has 3 aromatic rings. The van der Waals surface area contributed by atoms with Crippen LogP contribution < -0.4 is 10.5 Å². The van der Waals surface area contributed by atoms with Crippen LogP contribution in [0.2, 0.25) is 0 Å². The molecule has 0 bridgehead atoms. The lowest BCUT2D eigenvalue weighted by molar-refractivity contribution is -0.146. The van der Waals surface area contributed by atoms with Gasteiger partial charge in [-0.3, -0.25) is 19.2 Å². The molecule has 1 N–H and O–H groups in total. The molecule has 4 rings (SSSR count). The predicted octanol–water partition coefficient (Wildman–Crippen LogP) is 2.58. The van der Waals surface area contributed by atoms with Gasteiger partial charge >= 0.3 is 5.97 Å². The third kappa shape index (κ3) is 4.30. The Morgan fingerprint density at radius 3 is 2.75 bits per heavy atom. The van der Waals surface area contributed by atoms with Gasteiger partial charge in [-0.2, -0.15) is 0 Å². The highest BCUT2D eigenvalue weighted by Crippen LogP contribution is 2.29. The van der Waals surface area contributed by atoms with Crippen molar-refractivity contribution in [2.24, 2.45) is 0 Å². The number of esters is 1. The molecule has 0 aliphatic carbocycles. The van der Waals surface area contributed by atoms with Crippen LogP contribution in [-0.4, -0.2) is 40.3 Å². The largest absolute Gasteiger partial charge is 0.454 e. The summed E-state index contributed by atoms with van der Waals surface area (Å²) in [5.74, 6) is -0.504. The second kappa shape index (κ2) is 8.74. The molecule has 32 heavy (non-hydrogen) atoms. The van der Waals surface area contributed by atoms with Crippen molar-refractivity contribution in [1.29, 1.82) is 0 Å². The quantitative estimate of drug-likeness (QED) is 0.473. The number of H-pyrrole nitrogens is 1. The van der Waals surface area contributed by atoms with E-state index in [2.05, 4.69) is 9.97 Å². The molecule has 0 saturated carbocycles. The number of ether oxygens (including phenoxy) is 1. The third-order valence-electron chi connectivity index (χ3n) is 5.54. The minimum atomic E-state index is -0.950. The zero-order valence-corrected chi connectivity index (χ0v) is 17.9. The molecular weight excluding hydrogens is 410 g/mol. The Morgan fingerprint density at radius 1 is 1.19 bits per heavy atom. The maximum atomic E-state index is 12.7. The maximum Gasteiger partial charge on any atom is 0.306 e. The number of hydrogen-bond acceptors (Lipinski definition) is 6. The van der Waals surface area contributed by atoms with Gasteiger partial charge in [0, 0.05) is 31.1 Å². The molecule has 1 aliphatic heterocycles. The van der Waals surface area contributed by atoms with E-state index in [-0.39, 0.29) is 30.1 Å². The highest BCUT2D eigenvalue weighted by molar-refractivity contribution is 6.01. The van der Waals surface area contributed by atoms with E-state index in [4.69, 9.17) is 4.74 Å². The zero-order chi connectivity index (χ0) is 22.8. The van der Waals surface area contributed by atoms with E-state index in [1.807, 2.05) is 0 Å². The average Bonchev–Trinajstić information content (AvgIpc) is 3.21. The topological polar surface area (TPSA) is 109 Å². The number of nitrogens with one attached hydrogen (secondary N) is 1. The average molecular weight is 433 g/mol. The van der Waals surface area contributed by atoms with Gasteiger partial charge in [0.1, 0.15) is 5.82 Å². The number of fused-ring (bicyclic) bond motifs is 2. The molecule has 1 unspecified atom stereocenters. The number of para-hydroxylation sites is 1. The highest BCUT2D eigenvalue weighted by atomic mass is 16.5. The predicted molar refractivity (Wildman–Crippen MR) is 119 cm³/mol. The number of anilines is 1. The SMILES string of the molecule is CC(=O)N1CCc2cc(C(=O)C(C)OC(=O)CCc3nc4ccccc4c(=O)[nH]3)ccc21. The molecule has 0 spiro atoms. The number of hydrogen-bond donors (Lipinski definition) is 1. The minimum Gasteiger partial charge on any atom is -0.454 e. The number of amides is 1. The summed E-state index contributed by atoms with van der Waals surface area (Å²) in [7, 11) is 0. The lowest BCUT2D eigenvalue weighted by atomic mass is 10.0. The number of rotatable bonds is 6. The summed E-state index contributed by atoms with van der Waals surface area (Å²) < 4.78 is 5.31. The molecule has 0 saturated heterocycles. The number of benzene rings is 2. The van der Waals surface area contributed by atoms with Crippen molar-refractivity contribution >= 4 is 34.3 Å². The Morgan fingerprint density at radius 2 is 1.97 bits per heavy atom. The van der Waals surface area contributed by atoms with Gasteiger partial charge in [0.25, 0.3) is 5.56 Å². The molecule has 8 heteroatoms. The number of aromatic amines is 1. The summed E-state index contributed by atoms with van der Waals surface area (Å²) in [5, 5.41) is 0.485. The number of carbonyl (C=O) groups excluding carboxylic acids is 3. The summed E-state index contributed by atoms with van der Waals surface area (Å²) in [6.07, 6.45) is -0.0911. The van der Waals surface area contributed by atoms with Crippen LogP contribution >= 0.6 is 0 Å². The minimum absolute atomic E-state index is 0.0172. The van der Waals surface area contributed by atoms with Gasteiger partial charge in [-0.15, -0.1) is 0 Å². The smallest absolute Gasteiger partial charge is 0.306 e. The van der Waals surface area contributed by atoms with Crippen molar-refractivity contribution in [3.63, 3.8) is 0 Å². The molecule has 1 atom stereocenters. The molecule has 1 amide bonds. The van der Waals surface area contributed by atoms with Crippen LogP contribution in [0.4, 0.5) is 5.69 Å². The monoisotopic (exact) mass is 433 g/mol.